The average Bonchev–Trinajstić information content (AvgIpc) is 2.72. The fraction of sp³-hybridized carbons (Fsp3) is 0.417. The van der Waals surface area contributed by atoms with E-state index in [0.29, 0.717) is 32.5 Å². The van der Waals surface area contributed by atoms with Crippen LogP contribution in [-0.2, 0) is 17.9 Å². The van der Waals surface area contributed by atoms with Crippen LogP contribution in [0.4, 0.5) is 0 Å². The van der Waals surface area contributed by atoms with Gasteiger partial charge in [0.25, 0.3) is 5.91 Å². The Morgan fingerprint density at radius 2 is 1.62 bits per heavy atom. The second-order valence-electron chi connectivity index (χ2n) is 8.11. The van der Waals surface area contributed by atoms with Crippen LogP contribution in [0.25, 0.3) is 0 Å². The molecule has 0 unspecified atom stereocenters. The monoisotopic (exact) mass is 393 g/mol. The van der Waals surface area contributed by atoms with Gasteiger partial charge in [0.15, 0.2) is 0 Å². The molecule has 1 N–H and O–H groups in total. The lowest BCUT2D eigenvalue weighted by molar-refractivity contribution is -0.126. The first-order valence-electron chi connectivity index (χ1n) is 10.3. The molecule has 5 heteroatoms. The molecule has 2 amide bonds. The number of rotatable bonds is 6. The number of hydrogen-bond acceptors (Lipinski definition) is 3. The molecule has 3 rings (SSSR count). The van der Waals surface area contributed by atoms with E-state index >= 15 is 0 Å². The fourth-order valence-corrected chi connectivity index (χ4v) is 3.88. The predicted molar refractivity (Wildman–Crippen MR) is 115 cm³/mol. The summed E-state index contributed by atoms with van der Waals surface area (Å²) in [6, 6.07) is 15.9. The highest BCUT2D eigenvalue weighted by atomic mass is 16.2. The number of nitrogens with zero attached hydrogens (tertiary/aromatic N) is 2. The first kappa shape index (κ1) is 21.1. The highest BCUT2D eigenvalue weighted by Crippen LogP contribution is 2.21. The summed E-state index contributed by atoms with van der Waals surface area (Å²) in [5.74, 6) is 0.129. The normalized spacial score (nSPS) is 14.8. The van der Waals surface area contributed by atoms with Crippen LogP contribution in [0.15, 0.2) is 48.5 Å². The van der Waals surface area contributed by atoms with Crippen molar-refractivity contribution in [2.24, 2.45) is 5.92 Å². The lowest BCUT2D eigenvalue weighted by atomic mass is 9.95. The van der Waals surface area contributed by atoms with E-state index in [9.17, 15) is 9.59 Å². The first-order chi connectivity index (χ1) is 14.0. The smallest absolute Gasteiger partial charge is 0.254 e. The van der Waals surface area contributed by atoms with Gasteiger partial charge in [-0.2, -0.15) is 0 Å². The topological polar surface area (TPSA) is 52.7 Å². The third-order valence-electron chi connectivity index (χ3n) is 5.59. The van der Waals surface area contributed by atoms with Gasteiger partial charge in [-0.25, -0.2) is 0 Å². The summed E-state index contributed by atoms with van der Waals surface area (Å²) in [6.07, 6.45) is 1.42. The van der Waals surface area contributed by atoms with Gasteiger partial charge in [0, 0.05) is 37.7 Å². The SMILES string of the molecule is Cc1ccccc1C(=O)N1CCC(C(=O)NCc2ccccc2CN(C)C)CC1. The van der Waals surface area contributed by atoms with Gasteiger partial charge in [0.2, 0.25) is 5.91 Å². The van der Waals surface area contributed by atoms with Gasteiger partial charge in [0.05, 0.1) is 0 Å². The minimum absolute atomic E-state index is 0.0306. The molecule has 0 saturated carbocycles. The van der Waals surface area contributed by atoms with Crippen molar-refractivity contribution >= 4 is 11.8 Å². The van der Waals surface area contributed by atoms with Gasteiger partial charge in [0.1, 0.15) is 0 Å². The summed E-state index contributed by atoms with van der Waals surface area (Å²) < 4.78 is 0. The van der Waals surface area contributed by atoms with Gasteiger partial charge < -0.3 is 15.1 Å². The second-order valence-corrected chi connectivity index (χ2v) is 8.11. The molecule has 1 aliphatic rings. The van der Waals surface area contributed by atoms with Crippen LogP contribution in [0.5, 0.6) is 0 Å². The molecule has 0 aromatic heterocycles. The van der Waals surface area contributed by atoms with Gasteiger partial charge >= 0.3 is 0 Å². The zero-order chi connectivity index (χ0) is 20.8. The number of carbonyl (C=O) groups is 2. The Balaban J connectivity index is 1.52. The van der Waals surface area contributed by atoms with Gasteiger partial charge in [-0.3, -0.25) is 9.59 Å². The highest BCUT2D eigenvalue weighted by molar-refractivity contribution is 5.95. The molecule has 0 aliphatic carbocycles. The Hall–Kier alpha value is -2.66. The molecule has 0 radical (unpaired) electrons. The summed E-state index contributed by atoms with van der Waals surface area (Å²) in [5, 5.41) is 3.11. The van der Waals surface area contributed by atoms with Crippen molar-refractivity contribution in [1.82, 2.24) is 15.1 Å². The Morgan fingerprint density at radius 3 is 2.28 bits per heavy atom. The molecule has 1 aliphatic heterocycles. The Morgan fingerprint density at radius 1 is 1.00 bits per heavy atom. The molecule has 0 atom stereocenters. The number of carbonyl (C=O) groups excluding carboxylic acids is 2. The lowest BCUT2D eigenvalue weighted by Gasteiger charge is -2.31. The Labute approximate surface area is 173 Å². The first-order valence-corrected chi connectivity index (χ1v) is 10.3. The van der Waals surface area contributed by atoms with Gasteiger partial charge in [-0.05, 0) is 56.6 Å². The zero-order valence-electron chi connectivity index (χ0n) is 17.6. The molecular weight excluding hydrogens is 362 g/mol. The number of aryl methyl sites for hydroxylation is 1. The van der Waals surface area contributed by atoms with E-state index in [1.807, 2.05) is 62.3 Å². The van der Waals surface area contributed by atoms with Crippen LogP contribution in [0.2, 0.25) is 0 Å². The van der Waals surface area contributed by atoms with Crippen molar-refractivity contribution in [3.63, 3.8) is 0 Å². The van der Waals surface area contributed by atoms with E-state index in [0.717, 1.165) is 23.2 Å². The molecule has 1 saturated heterocycles. The number of hydrogen-bond donors (Lipinski definition) is 1. The summed E-state index contributed by atoms with van der Waals surface area (Å²) in [5.41, 5.74) is 4.14. The molecule has 29 heavy (non-hydrogen) atoms. The summed E-state index contributed by atoms with van der Waals surface area (Å²) in [4.78, 5) is 29.4. The van der Waals surface area contributed by atoms with E-state index in [1.54, 1.807) is 0 Å². The quantitative estimate of drug-likeness (QED) is 0.820. The Bertz CT molecular complexity index is 855. The Kier molecular flexibility index (Phi) is 7.04. The van der Waals surface area contributed by atoms with Crippen LogP contribution in [0.1, 0.15) is 39.9 Å². The molecule has 154 valence electrons. The minimum atomic E-state index is -0.0306. The maximum atomic E-state index is 12.8. The molecular formula is C24H31N3O2. The number of amides is 2. The van der Waals surface area contributed by atoms with Gasteiger partial charge in [-0.15, -0.1) is 0 Å². The predicted octanol–water partition coefficient (Wildman–Crippen LogP) is 3.23. The van der Waals surface area contributed by atoms with Crippen LogP contribution in [0.3, 0.4) is 0 Å². The maximum absolute atomic E-state index is 12.8. The number of likely N-dealkylation sites (tertiary alicyclic amines) is 1. The molecule has 1 heterocycles. The van der Waals surface area contributed by atoms with Crippen LogP contribution in [-0.4, -0.2) is 48.8 Å². The van der Waals surface area contributed by atoms with Crippen molar-refractivity contribution in [3.8, 4) is 0 Å². The number of benzene rings is 2. The average molecular weight is 394 g/mol. The van der Waals surface area contributed by atoms with Crippen molar-refractivity contribution in [2.45, 2.75) is 32.9 Å². The molecule has 2 aromatic rings. The summed E-state index contributed by atoms with van der Waals surface area (Å²) in [7, 11) is 4.09. The molecule has 0 bridgehead atoms. The lowest BCUT2D eigenvalue weighted by Crippen LogP contribution is -2.43. The third kappa shape index (κ3) is 5.45. The van der Waals surface area contributed by atoms with Crippen LogP contribution < -0.4 is 5.32 Å². The standard InChI is InChI=1S/C24H31N3O2/c1-18-8-4-7-11-22(18)24(29)27-14-12-19(13-15-27)23(28)25-16-20-9-5-6-10-21(20)17-26(2)3/h4-11,19H,12-17H2,1-3H3,(H,25,28). The summed E-state index contributed by atoms with van der Waals surface area (Å²) in [6.45, 7) is 4.61. The van der Waals surface area contributed by atoms with E-state index in [1.165, 1.54) is 5.56 Å². The zero-order valence-corrected chi connectivity index (χ0v) is 17.6. The van der Waals surface area contributed by atoms with Gasteiger partial charge in [-0.1, -0.05) is 42.5 Å². The number of nitrogens with one attached hydrogen (secondary N) is 1. The minimum Gasteiger partial charge on any atom is -0.352 e. The third-order valence-corrected chi connectivity index (χ3v) is 5.59. The fourth-order valence-electron chi connectivity index (χ4n) is 3.88. The van der Waals surface area contributed by atoms with Crippen LogP contribution in [0, 0.1) is 12.8 Å². The van der Waals surface area contributed by atoms with E-state index in [-0.39, 0.29) is 17.7 Å². The molecule has 1 fully saturated rings. The summed E-state index contributed by atoms with van der Waals surface area (Å²) >= 11 is 0. The highest BCUT2D eigenvalue weighted by Gasteiger charge is 2.28. The van der Waals surface area contributed by atoms with Crippen molar-refractivity contribution in [3.05, 3.63) is 70.8 Å². The molecule has 5 nitrogen and oxygen atoms in total. The van der Waals surface area contributed by atoms with Crippen molar-refractivity contribution < 1.29 is 9.59 Å². The largest absolute Gasteiger partial charge is 0.352 e. The van der Waals surface area contributed by atoms with Crippen molar-refractivity contribution in [2.75, 3.05) is 27.2 Å². The molecule has 2 aromatic carbocycles. The molecule has 0 spiro atoms. The van der Waals surface area contributed by atoms with E-state index in [4.69, 9.17) is 0 Å². The van der Waals surface area contributed by atoms with Crippen LogP contribution >= 0.6 is 0 Å². The number of piperidine rings is 1. The van der Waals surface area contributed by atoms with E-state index < -0.39 is 0 Å². The van der Waals surface area contributed by atoms with E-state index in [2.05, 4.69) is 22.3 Å². The van der Waals surface area contributed by atoms with Crippen molar-refractivity contribution in [1.29, 1.82) is 0 Å². The maximum Gasteiger partial charge on any atom is 0.254 e. The second kappa shape index (κ2) is 9.70.